The summed E-state index contributed by atoms with van der Waals surface area (Å²) in [6, 6.07) is 1.80. The molecule has 0 bridgehead atoms. The van der Waals surface area contributed by atoms with Crippen LogP contribution in [0.3, 0.4) is 0 Å². The molecule has 44 heavy (non-hydrogen) atoms. The van der Waals surface area contributed by atoms with E-state index in [1.807, 2.05) is 18.2 Å². The molecule has 2 atom stereocenters. The number of primary amides is 1. The van der Waals surface area contributed by atoms with Gasteiger partial charge < -0.3 is 15.4 Å². The van der Waals surface area contributed by atoms with Crippen LogP contribution < -0.4 is 21.7 Å². The summed E-state index contributed by atoms with van der Waals surface area (Å²) in [6.45, 7) is 0.674. The zero-order chi connectivity index (χ0) is 31.0. The normalized spacial score (nSPS) is 19.9. The Bertz CT molecular complexity index is 1920. The van der Waals surface area contributed by atoms with Gasteiger partial charge in [-0.25, -0.2) is 23.6 Å². The summed E-state index contributed by atoms with van der Waals surface area (Å²) >= 11 is 0. The first-order valence-corrected chi connectivity index (χ1v) is 14.1. The van der Waals surface area contributed by atoms with Gasteiger partial charge in [-0.2, -0.15) is 14.9 Å². The second-order valence-corrected chi connectivity index (χ2v) is 11.0. The summed E-state index contributed by atoms with van der Waals surface area (Å²) in [4.78, 5) is 61.5. The minimum Gasteiger partial charge on any atom is -0.496 e. The summed E-state index contributed by atoms with van der Waals surface area (Å²) in [5, 5.41) is 9.02. The van der Waals surface area contributed by atoms with Crippen molar-refractivity contribution in [1.29, 1.82) is 0 Å². The number of aromatic nitrogens is 7. The number of carbonyl (C=O) groups excluding carboxylic acids is 2. The molecule has 228 valence electrons. The van der Waals surface area contributed by atoms with Crippen LogP contribution in [0.2, 0.25) is 0 Å². The Balaban J connectivity index is 1.46. The first kappa shape index (κ1) is 28.8. The standard InChI is InChI=1S/C29H30FN9O5/c1-44-21-11-17(20(30)12-19(21)24(31)40)13-29(8-4-2-5-9-29)23-22-25(34-27(42)35-26(22)41)38(36-23)14-18-7-3-6-10-37(18)28(43)39-16-32-15-33-39/h2,4-5,8,11-12,15-16,18H,3,6-7,9-10,13-14H2,1H3,(H2,31,40)(H2,34,35,41,42). The van der Waals surface area contributed by atoms with Gasteiger partial charge in [0.25, 0.3) is 11.5 Å². The highest BCUT2D eigenvalue weighted by Crippen LogP contribution is 2.39. The molecule has 4 N–H and O–H groups in total. The smallest absolute Gasteiger partial charge is 0.346 e. The van der Waals surface area contributed by atoms with Crippen molar-refractivity contribution in [3.05, 3.63) is 92.6 Å². The minimum atomic E-state index is -1.02. The van der Waals surface area contributed by atoms with Gasteiger partial charge in [-0.15, -0.1) is 0 Å². The Kier molecular flexibility index (Phi) is 7.45. The zero-order valence-electron chi connectivity index (χ0n) is 23.8. The second kappa shape index (κ2) is 11.4. The average molecular weight is 604 g/mol. The number of amides is 2. The lowest BCUT2D eigenvalue weighted by atomic mass is 9.73. The first-order valence-electron chi connectivity index (χ1n) is 14.1. The van der Waals surface area contributed by atoms with Gasteiger partial charge in [-0.05, 0) is 49.8 Å². The number of fused-ring (bicyclic) bond motifs is 1. The SMILES string of the molecule is COc1cc(CC2(c3nn(CC4CCCCN4C(=O)n4cncn4)c4[nH]c(=O)[nH]c(=O)c34)C=CC=CC2)c(F)cc1C(N)=O. The maximum absolute atomic E-state index is 15.5. The number of halogens is 1. The molecule has 14 nitrogen and oxygen atoms in total. The number of aromatic amines is 2. The molecule has 0 spiro atoms. The van der Waals surface area contributed by atoms with E-state index < -0.39 is 28.4 Å². The highest BCUT2D eigenvalue weighted by Gasteiger charge is 2.38. The lowest BCUT2D eigenvalue weighted by Crippen LogP contribution is -2.48. The van der Waals surface area contributed by atoms with Crippen molar-refractivity contribution in [3.63, 3.8) is 0 Å². The van der Waals surface area contributed by atoms with Crippen LogP contribution in [0.15, 0.2) is 58.7 Å². The number of nitrogens with one attached hydrogen (secondary N) is 2. The van der Waals surface area contributed by atoms with Crippen molar-refractivity contribution >= 4 is 23.0 Å². The Hall–Kier alpha value is -5.34. The fourth-order valence-electron chi connectivity index (χ4n) is 6.16. The number of H-pyrrole nitrogens is 2. The molecular formula is C29H30FN9O5. The van der Waals surface area contributed by atoms with E-state index in [0.717, 1.165) is 23.6 Å². The number of hydrogen-bond donors (Lipinski definition) is 3. The van der Waals surface area contributed by atoms with Crippen molar-refractivity contribution < 1.29 is 18.7 Å². The van der Waals surface area contributed by atoms with E-state index in [0.29, 0.717) is 25.1 Å². The molecule has 3 aromatic heterocycles. The molecule has 0 radical (unpaired) electrons. The Morgan fingerprint density at radius 1 is 1.20 bits per heavy atom. The molecule has 2 aliphatic rings. The van der Waals surface area contributed by atoms with Gasteiger partial charge in [0.1, 0.15) is 35.3 Å². The predicted molar refractivity (Wildman–Crippen MR) is 156 cm³/mol. The number of allylic oxidation sites excluding steroid dienone is 4. The van der Waals surface area contributed by atoms with Gasteiger partial charge in [-0.1, -0.05) is 24.3 Å². The molecular weight excluding hydrogens is 573 g/mol. The second-order valence-electron chi connectivity index (χ2n) is 11.0. The quantitative estimate of drug-likeness (QED) is 0.285. The molecule has 15 heteroatoms. The van der Waals surface area contributed by atoms with E-state index in [2.05, 4.69) is 20.1 Å². The fraction of sp³-hybridized carbons (Fsp3) is 0.345. The van der Waals surface area contributed by atoms with E-state index in [1.54, 1.807) is 15.7 Å². The molecule has 1 fully saturated rings. The highest BCUT2D eigenvalue weighted by atomic mass is 19.1. The Morgan fingerprint density at radius 2 is 2.05 bits per heavy atom. The molecule has 4 aromatic rings. The molecule has 6 rings (SSSR count). The van der Waals surface area contributed by atoms with Gasteiger partial charge in [-0.3, -0.25) is 19.6 Å². The molecule has 2 unspecified atom stereocenters. The number of methoxy groups -OCH3 is 1. The molecule has 1 aliphatic heterocycles. The lowest BCUT2D eigenvalue weighted by Gasteiger charge is -2.35. The maximum atomic E-state index is 15.5. The monoisotopic (exact) mass is 603 g/mol. The molecule has 1 saturated heterocycles. The van der Waals surface area contributed by atoms with Crippen molar-refractivity contribution in [2.24, 2.45) is 5.73 Å². The average Bonchev–Trinajstić information content (AvgIpc) is 3.68. The van der Waals surface area contributed by atoms with Crippen LogP contribution >= 0.6 is 0 Å². The van der Waals surface area contributed by atoms with E-state index in [1.165, 1.54) is 25.8 Å². The van der Waals surface area contributed by atoms with E-state index >= 15 is 4.39 Å². The first-order chi connectivity index (χ1) is 21.2. The van der Waals surface area contributed by atoms with Gasteiger partial charge in [0.05, 0.1) is 31.0 Å². The highest BCUT2D eigenvalue weighted by molar-refractivity contribution is 5.95. The van der Waals surface area contributed by atoms with Crippen LogP contribution in [0.4, 0.5) is 9.18 Å². The van der Waals surface area contributed by atoms with Crippen molar-refractivity contribution in [3.8, 4) is 5.75 Å². The number of carbonyl (C=O) groups is 2. The summed E-state index contributed by atoms with van der Waals surface area (Å²) in [7, 11) is 1.36. The minimum absolute atomic E-state index is 0.0418. The number of likely N-dealkylation sites (tertiary alicyclic amines) is 1. The number of ether oxygens (including phenoxy) is 1. The number of rotatable bonds is 7. The fourth-order valence-corrected chi connectivity index (χ4v) is 6.16. The molecule has 2 amide bonds. The van der Waals surface area contributed by atoms with Gasteiger partial charge >= 0.3 is 11.7 Å². The van der Waals surface area contributed by atoms with Crippen LogP contribution in [0.1, 0.15) is 47.3 Å². The number of benzene rings is 1. The number of hydrogen-bond acceptors (Lipinski definition) is 8. The van der Waals surface area contributed by atoms with Crippen LogP contribution in [0.25, 0.3) is 11.0 Å². The third-order valence-electron chi connectivity index (χ3n) is 8.27. The van der Waals surface area contributed by atoms with Gasteiger partial charge in [0, 0.05) is 12.0 Å². The Morgan fingerprint density at radius 3 is 2.75 bits per heavy atom. The molecule has 4 heterocycles. The number of nitrogens with zero attached hydrogens (tertiary/aromatic N) is 6. The van der Waals surface area contributed by atoms with E-state index in [-0.39, 0.29) is 52.9 Å². The van der Waals surface area contributed by atoms with Crippen molar-refractivity contribution in [1.82, 2.24) is 39.4 Å². The van der Waals surface area contributed by atoms with Crippen molar-refractivity contribution in [2.75, 3.05) is 13.7 Å². The maximum Gasteiger partial charge on any atom is 0.346 e. The third kappa shape index (κ3) is 5.09. The Labute approximate surface area is 249 Å². The van der Waals surface area contributed by atoms with Gasteiger partial charge in [0.2, 0.25) is 0 Å². The summed E-state index contributed by atoms with van der Waals surface area (Å²) in [5.41, 5.74) is 3.68. The van der Waals surface area contributed by atoms with Crippen LogP contribution in [-0.2, 0) is 18.4 Å². The van der Waals surface area contributed by atoms with Gasteiger partial charge in [0.15, 0.2) is 0 Å². The number of piperidine rings is 1. The molecule has 0 saturated carbocycles. The number of nitrogens with two attached hydrogens (primary N) is 1. The predicted octanol–water partition coefficient (Wildman–Crippen LogP) is 1.77. The van der Waals surface area contributed by atoms with Crippen molar-refractivity contribution in [2.45, 2.75) is 50.1 Å². The summed E-state index contributed by atoms with van der Waals surface area (Å²) in [5.74, 6) is -1.38. The zero-order valence-corrected chi connectivity index (χ0v) is 23.8. The van der Waals surface area contributed by atoms with Crippen LogP contribution in [0, 0.1) is 5.82 Å². The van der Waals surface area contributed by atoms with E-state index in [4.69, 9.17) is 15.6 Å². The lowest BCUT2D eigenvalue weighted by molar-refractivity contribution is 0.0996. The molecule has 1 aromatic carbocycles. The van der Waals surface area contributed by atoms with E-state index in [9.17, 15) is 19.2 Å². The topological polar surface area (TPSA) is 187 Å². The van der Waals surface area contributed by atoms with Crippen LogP contribution in [0.5, 0.6) is 5.75 Å². The third-order valence-corrected chi connectivity index (χ3v) is 8.27. The summed E-state index contributed by atoms with van der Waals surface area (Å²) in [6.07, 6.45) is 12.7. The summed E-state index contributed by atoms with van der Waals surface area (Å²) < 4.78 is 23.5. The van der Waals surface area contributed by atoms with Crippen LogP contribution in [-0.4, -0.2) is 71.0 Å². The largest absolute Gasteiger partial charge is 0.496 e. The molecule has 1 aliphatic carbocycles.